The standard InChI is InChI=1S/C30H26FN3O2/c1-18(23-6-4-5-7-25(23)31)34-26-15-22-17-33-16-21(22)14-24(26)27(28(34)30(2,3)12-13-32)19-8-10-20(11-9-19)29(35)36/h4-11,14-15,17-18H,12,16H2,1-3H3,(H,35,36). The summed E-state index contributed by atoms with van der Waals surface area (Å²) in [6, 6.07) is 19.8. The fraction of sp³-hybridized carbons (Fsp3) is 0.233. The lowest BCUT2D eigenvalue weighted by molar-refractivity contribution is 0.0697. The molecule has 4 aromatic rings. The molecular formula is C30H26FN3O2. The Kier molecular flexibility index (Phi) is 5.72. The van der Waals surface area contributed by atoms with Crippen molar-refractivity contribution in [2.24, 2.45) is 4.99 Å². The van der Waals surface area contributed by atoms with Gasteiger partial charge in [0.2, 0.25) is 0 Å². The van der Waals surface area contributed by atoms with Crippen LogP contribution in [-0.4, -0.2) is 21.9 Å². The maximum atomic E-state index is 15.0. The average molecular weight is 480 g/mol. The third-order valence-corrected chi connectivity index (χ3v) is 7.08. The molecule has 180 valence electrons. The summed E-state index contributed by atoms with van der Waals surface area (Å²) in [7, 11) is 0. The molecule has 0 fully saturated rings. The van der Waals surface area contributed by atoms with Crippen LogP contribution in [0.1, 0.15) is 66.0 Å². The van der Waals surface area contributed by atoms with E-state index in [1.165, 1.54) is 6.07 Å². The highest BCUT2D eigenvalue weighted by Crippen LogP contribution is 2.46. The number of hydrogen-bond acceptors (Lipinski definition) is 3. The lowest BCUT2D eigenvalue weighted by Gasteiger charge is -2.30. The molecular weight excluding hydrogens is 453 g/mol. The van der Waals surface area contributed by atoms with Gasteiger partial charge in [0.05, 0.1) is 29.7 Å². The predicted molar refractivity (Wildman–Crippen MR) is 139 cm³/mol. The molecule has 2 heterocycles. The highest BCUT2D eigenvalue weighted by atomic mass is 19.1. The van der Waals surface area contributed by atoms with Crippen molar-refractivity contribution in [3.8, 4) is 17.2 Å². The molecule has 1 atom stereocenters. The van der Waals surface area contributed by atoms with Crippen LogP contribution in [0.15, 0.2) is 65.7 Å². The molecule has 5 rings (SSSR count). The van der Waals surface area contributed by atoms with Crippen molar-refractivity contribution in [2.45, 2.75) is 45.2 Å². The quantitative estimate of drug-likeness (QED) is 0.327. The molecule has 0 saturated heterocycles. The van der Waals surface area contributed by atoms with E-state index < -0.39 is 11.4 Å². The topological polar surface area (TPSA) is 78.4 Å². The second-order valence-corrected chi connectivity index (χ2v) is 9.93. The van der Waals surface area contributed by atoms with Gasteiger partial charge in [0.1, 0.15) is 5.82 Å². The van der Waals surface area contributed by atoms with Gasteiger partial charge in [-0.05, 0) is 53.9 Å². The van der Waals surface area contributed by atoms with E-state index >= 15 is 4.39 Å². The predicted octanol–water partition coefficient (Wildman–Crippen LogP) is 6.88. The Morgan fingerprint density at radius 1 is 1.19 bits per heavy atom. The first-order valence-electron chi connectivity index (χ1n) is 11.9. The molecule has 0 bridgehead atoms. The summed E-state index contributed by atoms with van der Waals surface area (Å²) < 4.78 is 17.2. The van der Waals surface area contributed by atoms with Crippen molar-refractivity contribution < 1.29 is 14.3 Å². The van der Waals surface area contributed by atoms with E-state index in [9.17, 15) is 15.2 Å². The summed E-state index contributed by atoms with van der Waals surface area (Å²) in [5.41, 5.74) is 5.94. The van der Waals surface area contributed by atoms with Crippen molar-refractivity contribution in [1.82, 2.24) is 4.57 Å². The van der Waals surface area contributed by atoms with Crippen LogP contribution >= 0.6 is 0 Å². The van der Waals surface area contributed by atoms with Crippen LogP contribution < -0.4 is 0 Å². The van der Waals surface area contributed by atoms with Gasteiger partial charge in [-0.2, -0.15) is 5.26 Å². The third kappa shape index (κ3) is 3.77. The van der Waals surface area contributed by atoms with Gasteiger partial charge in [-0.25, -0.2) is 9.18 Å². The number of carbonyl (C=O) groups is 1. The van der Waals surface area contributed by atoms with E-state index in [1.807, 2.05) is 45.2 Å². The Balaban J connectivity index is 1.90. The molecule has 6 heteroatoms. The van der Waals surface area contributed by atoms with Crippen LogP contribution in [0.3, 0.4) is 0 Å². The molecule has 0 spiro atoms. The van der Waals surface area contributed by atoms with Gasteiger partial charge in [-0.3, -0.25) is 4.99 Å². The first-order chi connectivity index (χ1) is 17.2. The van der Waals surface area contributed by atoms with E-state index in [0.717, 1.165) is 38.9 Å². The Hall–Kier alpha value is -4.24. The largest absolute Gasteiger partial charge is 0.478 e. The minimum atomic E-state index is -0.989. The maximum Gasteiger partial charge on any atom is 0.335 e. The third-order valence-electron chi connectivity index (χ3n) is 7.08. The number of aliphatic imine (C=N–C) groups is 1. The highest BCUT2D eigenvalue weighted by Gasteiger charge is 2.34. The average Bonchev–Trinajstić information content (AvgIpc) is 3.44. The van der Waals surface area contributed by atoms with Crippen molar-refractivity contribution in [3.05, 3.63) is 94.4 Å². The number of fused-ring (bicyclic) bond motifs is 2. The van der Waals surface area contributed by atoms with E-state index in [4.69, 9.17) is 0 Å². The fourth-order valence-corrected chi connectivity index (χ4v) is 5.29. The summed E-state index contributed by atoms with van der Waals surface area (Å²) in [4.78, 5) is 15.9. The number of aromatic carboxylic acids is 1. The van der Waals surface area contributed by atoms with Crippen LogP contribution in [0.2, 0.25) is 0 Å². The normalized spacial score (nSPS) is 13.5. The Morgan fingerprint density at radius 3 is 2.58 bits per heavy atom. The first-order valence-corrected chi connectivity index (χ1v) is 11.9. The molecule has 1 aromatic heterocycles. The van der Waals surface area contributed by atoms with Gasteiger partial charge in [0.25, 0.3) is 0 Å². The lowest BCUT2D eigenvalue weighted by atomic mass is 9.81. The number of aromatic nitrogens is 1. The van der Waals surface area contributed by atoms with Gasteiger partial charge in [-0.15, -0.1) is 0 Å². The molecule has 0 radical (unpaired) electrons. The van der Waals surface area contributed by atoms with Gasteiger partial charge in [0.15, 0.2) is 0 Å². The number of rotatable bonds is 6. The zero-order valence-corrected chi connectivity index (χ0v) is 20.4. The molecule has 1 aliphatic heterocycles. The van der Waals surface area contributed by atoms with E-state index in [2.05, 4.69) is 27.8 Å². The number of halogens is 1. The van der Waals surface area contributed by atoms with Crippen LogP contribution in [0.5, 0.6) is 0 Å². The molecule has 0 saturated carbocycles. The van der Waals surface area contributed by atoms with E-state index in [1.54, 1.807) is 24.3 Å². The number of nitrogens with zero attached hydrogens (tertiary/aromatic N) is 3. The Morgan fingerprint density at radius 2 is 1.92 bits per heavy atom. The highest BCUT2D eigenvalue weighted by molar-refractivity contribution is 6.03. The van der Waals surface area contributed by atoms with Crippen molar-refractivity contribution in [1.29, 1.82) is 5.26 Å². The molecule has 36 heavy (non-hydrogen) atoms. The lowest BCUT2D eigenvalue weighted by Crippen LogP contribution is -2.24. The van der Waals surface area contributed by atoms with E-state index in [0.29, 0.717) is 12.1 Å². The summed E-state index contributed by atoms with van der Waals surface area (Å²) in [5, 5.41) is 20.1. The smallest absolute Gasteiger partial charge is 0.335 e. The summed E-state index contributed by atoms with van der Waals surface area (Å²) in [5.74, 6) is -1.27. The second kappa shape index (κ2) is 8.76. The maximum absolute atomic E-state index is 15.0. The number of carboxylic acids is 1. The monoisotopic (exact) mass is 479 g/mol. The minimum Gasteiger partial charge on any atom is -0.478 e. The Bertz CT molecular complexity index is 1570. The molecule has 0 amide bonds. The summed E-state index contributed by atoms with van der Waals surface area (Å²) in [6.07, 6.45) is 2.12. The molecule has 1 unspecified atom stereocenters. The second-order valence-electron chi connectivity index (χ2n) is 9.93. The van der Waals surface area contributed by atoms with Crippen molar-refractivity contribution >= 4 is 23.1 Å². The molecule has 3 aromatic carbocycles. The van der Waals surface area contributed by atoms with Crippen LogP contribution in [0.4, 0.5) is 4.39 Å². The van der Waals surface area contributed by atoms with Gasteiger partial charge in [0, 0.05) is 40.3 Å². The van der Waals surface area contributed by atoms with Crippen molar-refractivity contribution in [3.63, 3.8) is 0 Å². The van der Waals surface area contributed by atoms with Gasteiger partial charge < -0.3 is 9.67 Å². The fourth-order valence-electron chi connectivity index (χ4n) is 5.29. The van der Waals surface area contributed by atoms with E-state index in [-0.39, 0.29) is 23.8 Å². The minimum absolute atomic E-state index is 0.203. The first kappa shape index (κ1) is 23.5. The number of benzene rings is 3. The zero-order chi connectivity index (χ0) is 25.6. The number of carboxylic acid groups (broad SMARTS) is 1. The Labute approximate surface area is 209 Å². The summed E-state index contributed by atoms with van der Waals surface area (Å²) in [6.45, 7) is 6.62. The number of hydrogen-bond donors (Lipinski definition) is 1. The van der Waals surface area contributed by atoms with Crippen LogP contribution in [0, 0.1) is 17.1 Å². The SMILES string of the molecule is CC(c1ccccc1F)n1c(C(C)(C)CC#N)c(-c2ccc(C(=O)O)cc2)c2cc3c(cc21)C=NC3. The van der Waals surface area contributed by atoms with Crippen molar-refractivity contribution in [2.75, 3.05) is 0 Å². The molecule has 0 aliphatic carbocycles. The van der Waals surface area contributed by atoms with Gasteiger partial charge in [-0.1, -0.05) is 44.2 Å². The van der Waals surface area contributed by atoms with Crippen LogP contribution in [-0.2, 0) is 12.0 Å². The van der Waals surface area contributed by atoms with Crippen LogP contribution in [0.25, 0.3) is 22.0 Å². The number of nitriles is 1. The molecule has 1 aliphatic rings. The molecule has 1 N–H and O–H groups in total. The van der Waals surface area contributed by atoms with Gasteiger partial charge >= 0.3 is 5.97 Å². The zero-order valence-electron chi connectivity index (χ0n) is 20.4. The summed E-state index contributed by atoms with van der Waals surface area (Å²) >= 11 is 0. The molecule has 5 nitrogen and oxygen atoms in total.